The molecule has 0 saturated carbocycles. The molecule has 8 heteroatoms. The summed E-state index contributed by atoms with van der Waals surface area (Å²) in [7, 11) is -3.69. The molecule has 1 aromatic heterocycles. The first-order chi connectivity index (χ1) is 12.2. The van der Waals surface area contributed by atoms with Gasteiger partial charge in [-0.15, -0.1) is 11.3 Å². The molecule has 3 N–H and O–H groups in total. The fourth-order valence-electron chi connectivity index (χ4n) is 3.36. The van der Waals surface area contributed by atoms with Crippen molar-refractivity contribution in [1.82, 2.24) is 10.2 Å². The lowest BCUT2D eigenvalue weighted by atomic mass is 9.93. The highest BCUT2D eigenvalue weighted by Crippen LogP contribution is 2.30. The summed E-state index contributed by atoms with van der Waals surface area (Å²) in [5, 5.41) is 7.97. The van der Waals surface area contributed by atoms with E-state index in [9.17, 15) is 13.2 Å². The number of urea groups is 1. The third-order valence-corrected chi connectivity index (χ3v) is 7.20. The van der Waals surface area contributed by atoms with E-state index in [4.69, 9.17) is 5.14 Å². The number of carbonyl (C=O) groups is 1. The first kappa shape index (κ1) is 18.9. The number of thiophene rings is 1. The number of benzene rings is 1. The Hall–Kier alpha value is -1.90. The van der Waals surface area contributed by atoms with Crippen LogP contribution in [0.4, 0.5) is 4.79 Å². The van der Waals surface area contributed by atoms with Gasteiger partial charge in [-0.05, 0) is 43.5 Å². The van der Waals surface area contributed by atoms with Crippen molar-refractivity contribution in [3.8, 4) is 0 Å². The number of aryl methyl sites for hydroxylation is 2. The highest BCUT2D eigenvalue weighted by molar-refractivity contribution is 7.91. The summed E-state index contributed by atoms with van der Waals surface area (Å²) in [6, 6.07) is 9.48. The van der Waals surface area contributed by atoms with Crippen molar-refractivity contribution in [3.63, 3.8) is 0 Å². The number of amides is 2. The summed E-state index contributed by atoms with van der Waals surface area (Å²) >= 11 is 1.08. The third-order valence-electron chi connectivity index (χ3n) is 4.67. The van der Waals surface area contributed by atoms with E-state index in [2.05, 4.69) is 37.4 Å². The predicted molar refractivity (Wildman–Crippen MR) is 103 cm³/mol. The normalized spacial score (nSPS) is 17.5. The van der Waals surface area contributed by atoms with Crippen molar-refractivity contribution in [1.29, 1.82) is 0 Å². The minimum atomic E-state index is -3.69. The molecule has 1 aliphatic rings. The number of rotatable bonds is 4. The number of hydrogen-bond donors (Lipinski definition) is 2. The lowest BCUT2D eigenvalue weighted by Gasteiger charge is -2.18. The highest BCUT2D eigenvalue weighted by Gasteiger charge is 2.28. The molecule has 0 radical (unpaired) electrons. The summed E-state index contributed by atoms with van der Waals surface area (Å²) in [4.78, 5) is 15.0. The number of likely N-dealkylation sites (tertiary alicyclic amines) is 1. The minimum Gasteiger partial charge on any atom is -0.333 e. The van der Waals surface area contributed by atoms with Crippen molar-refractivity contribution < 1.29 is 13.2 Å². The van der Waals surface area contributed by atoms with Crippen molar-refractivity contribution in [2.75, 3.05) is 13.1 Å². The number of carbonyl (C=O) groups excluding carboxylic acids is 1. The van der Waals surface area contributed by atoms with Crippen LogP contribution in [-0.2, 0) is 16.6 Å². The maximum absolute atomic E-state index is 12.4. The van der Waals surface area contributed by atoms with Gasteiger partial charge in [0.25, 0.3) is 0 Å². The molecule has 2 aromatic rings. The van der Waals surface area contributed by atoms with E-state index in [1.807, 2.05) is 4.90 Å². The second kappa shape index (κ2) is 7.38. The van der Waals surface area contributed by atoms with Crippen LogP contribution < -0.4 is 10.5 Å². The highest BCUT2D eigenvalue weighted by atomic mass is 32.2. The van der Waals surface area contributed by atoms with Crippen LogP contribution in [0.1, 0.15) is 33.9 Å². The zero-order chi connectivity index (χ0) is 18.9. The van der Waals surface area contributed by atoms with Gasteiger partial charge < -0.3 is 10.2 Å². The smallest absolute Gasteiger partial charge is 0.317 e. The van der Waals surface area contributed by atoms with E-state index >= 15 is 0 Å². The monoisotopic (exact) mass is 393 g/mol. The average Bonchev–Trinajstić information content (AvgIpc) is 3.21. The third kappa shape index (κ3) is 4.25. The molecule has 2 heterocycles. The fraction of sp³-hybridized carbons (Fsp3) is 0.389. The Kier molecular flexibility index (Phi) is 5.36. The fourth-order valence-corrected chi connectivity index (χ4v) is 5.08. The van der Waals surface area contributed by atoms with Crippen molar-refractivity contribution in [3.05, 3.63) is 51.9 Å². The molecule has 1 atom stereocenters. The van der Waals surface area contributed by atoms with E-state index in [0.717, 1.165) is 29.2 Å². The van der Waals surface area contributed by atoms with Crippen molar-refractivity contribution >= 4 is 27.4 Å². The molecule has 140 valence electrons. The lowest BCUT2D eigenvalue weighted by Crippen LogP contribution is -2.37. The molecule has 2 amide bonds. The van der Waals surface area contributed by atoms with Gasteiger partial charge in [-0.1, -0.05) is 23.8 Å². The zero-order valence-corrected chi connectivity index (χ0v) is 16.5. The molecule has 6 nitrogen and oxygen atoms in total. The van der Waals surface area contributed by atoms with Gasteiger partial charge in [0.1, 0.15) is 4.21 Å². The van der Waals surface area contributed by atoms with E-state index < -0.39 is 10.0 Å². The Labute approximate surface area is 158 Å². The first-order valence-electron chi connectivity index (χ1n) is 8.45. The molecule has 0 bridgehead atoms. The number of nitrogens with zero attached hydrogens (tertiary/aromatic N) is 1. The molecule has 1 aliphatic heterocycles. The van der Waals surface area contributed by atoms with Crippen LogP contribution >= 0.6 is 11.3 Å². The Morgan fingerprint density at radius 2 is 2.08 bits per heavy atom. The standard InChI is InChI=1S/C18H23N3O3S2/c1-12-3-5-16(13(2)9-12)14-7-8-21(11-14)18(22)20-10-15-4-6-17(25-15)26(19,23)24/h3-6,9,14H,7-8,10-11H2,1-2H3,(H,20,22)(H2,19,23,24)/t14-/m1/s1. The van der Waals surface area contributed by atoms with Gasteiger partial charge in [0.2, 0.25) is 10.0 Å². The summed E-state index contributed by atoms with van der Waals surface area (Å²) in [5.41, 5.74) is 3.82. The minimum absolute atomic E-state index is 0.109. The van der Waals surface area contributed by atoms with Crippen LogP contribution in [0.25, 0.3) is 0 Å². The molecular formula is C18H23N3O3S2. The van der Waals surface area contributed by atoms with Crippen molar-refractivity contribution in [2.45, 2.75) is 36.9 Å². The number of sulfonamides is 1. The number of nitrogens with one attached hydrogen (secondary N) is 1. The molecule has 26 heavy (non-hydrogen) atoms. The SMILES string of the molecule is Cc1ccc([C@@H]2CCN(C(=O)NCc3ccc(S(N)(=O)=O)s3)C2)c(C)c1. The van der Waals surface area contributed by atoms with Crippen LogP contribution in [-0.4, -0.2) is 32.4 Å². The summed E-state index contributed by atoms with van der Waals surface area (Å²) in [6.45, 7) is 5.91. The Morgan fingerprint density at radius 3 is 2.73 bits per heavy atom. The summed E-state index contributed by atoms with van der Waals surface area (Å²) in [5.74, 6) is 0.358. The zero-order valence-electron chi connectivity index (χ0n) is 14.9. The van der Waals surface area contributed by atoms with E-state index in [0.29, 0.717) is 19.0 Å². The van der Waals surface area contributed by atoms with Gasteiger partial charge in [0.15, 0.2) is 0 Å². The average molecular weight is 394 g/mol. The molecule has 3 rings (SSSR count). The van der Waals surface area contributed by atoms with E-state index in [1.165, 1.54) is 22.8 Å². The second-order valence-corrected chi connectivity index (χ2v) is 9.67. The molecule has 1 saturated heterocycles. The molecule has 0 unspecified atom stereocenters. The van der Waals surface area contributed by atoms with Gasteiger partial charge in [0.05, 0.1) is 6.54 Å². The number of nitrogens with two attached hydrogens (primary N) is 1. The Bertz CT molecular complexity index is 922. The molecule has 0 aliphatic carbocycles. The maximum Gasteiger partial charge on any atom is 0.317 e. The van der Waals surface area contributed by atoms with Crippen LogP contribution in [0.3, 0.4) is 0 Å². The van der Waals surface area contributed by atoms with Gasteiger partial charge in [-0.3, -0.25) is 0 Å². The van der Waals surface area contributed by atoms with Crippen LogP contribution in [0.2, 0.25) is 0 Å². The lowest BCUT2D eigenvalue weighted by molar-refractivity contribution is 0.208. The molecule has 1 aromatic carbocycles. The van der Waals surface area contributed by atoms with Gasteiger partial charge in [0, 0.05) is 23.9 Å². The summed E-state index contributed by atoms with van der Waals surface area (Å²) < 4.78 is 22.7. The topological polar surface area (TPSA) is 92.5 Å². The number of hydrogen-bond acceptors (Lipinski definition) is 4. The first-order valence-corrected chi connectivity index (χ1v) is 10.8. The van der Waals surface area contributed by atoms with Gasteiger partial charge in [-0.25, -0.2) is 18.4 Å². The maximum atomic E-state index is 12.4. The van der Waals surface area contributed by atoms with Crippen molar-refractivity contribution in [2.24, 2.45) is 5.14 Å². The molecular weight excluding hydrogens is 370 g/mol. The van der Waals surface area contributed by atoms with Crippen LogP contribution in [0, 0.1) is 13.8 Å². The predicted octanol–water partition coefficient (Wildman–Crippen LogP) is 2.71. The van der Waals surface area contributed by atoms with Crippen LogP contribution in [0.15, 0.2) is 34.5 Å². The van der Waals surface area contributed by atoms with E-state index in [-0.39, 0.29) is 10.2 Å². The Morgan fingerprint density at radius 1 is 1.31 bits per heavy atom. The van der Waals surface area contributed by atoms with Gasteiger partial charge >= 0.3 is 6.03 Å². The summed E-state index contributed by atoms with van der Waals surface area (Å²) in [6.07, 6.45) is 0.950. The second-order valence-electron chi connectivity index (χ2n) is 6.72. The largest absolute Gasteiger partial charge is 0.333 e. The van der Waals surface area contributed by atoms with Gasteiger partial charge in [-0.2, -0.15) is 0 Å². The quantitative estimate of drug-likeness (QED) is 0.836. The molecule has 0 spiro atoms. The Balaban J connectivity index is 1.57. The molecule has 1 fully saturated rings. The van der Waals surface area contributed by atoms with E-state index in [1.54, 1.807) is 6.07 Å². The van der Waals surface area contributed by atoms with Crippen LogP contribution in [0.5, 0.6) is 0 Å². The number of primary sulfonamides is 1.